The zero-order valence-corrected chi connectivity index (χ0v) is 38.6. The maximum Gasteiger partial charge on any atom is 0.255 e. The molecule has 8 rings (SSSR count). The summed E-state index contributed by atoms with van der Waals surface area (Å²) in [4.78, 5) is 73.3. The zero-order valence-electron chi connectivity index (χ0n) is 38.6. The number of hydrogen-bond donors (Lipinski definition) is 7. The normalized spacial score (nSPS) is 16.4. The first kappa shape index (κ1) is 55.8. The van der Waals surface area contributed by atoms with Crippen LogP contribution in [0.25, 0.3) is 22.3 Å². The van der Waals surface area contributed by atoms with Crippen molar-refractivity contribution in [1.82, 2.24) is 30.4 Å². The summed E-state index contributed by atoms with van der Waals surface area (Å²) in [7, 11) is 0. The van der Waals surface area contributed by atoms with Crippen molar-refractivity contribution in [1.29, 1.82) is 5.26 Å². The van der Waals surface area contributed by atoms with E-state index in [4.69, 9.17) is 5.73 Å². The number of nitriles is 1. The van der Waals surface area contributed by atoms with E-state index in [-0.39, 0.29) is 40.0 Å². The Balaban J connectivity index is 0.000000264. The second kappa shape index (κ2) is 26.3. The number of rotatable bonds is 15. The number of amides is 5. The number of hydrogen-bond acceptors (Lipinski definition) is 12. The predicted molar refractivity (Wildman–Crippen MR) is 274 cm³/mol. The molecule has 0 aliphatic carbocycles. The molecule has 2 aliphatic rings. The van der Waals surface area contributed by atoms with Gasteiger partial charge in [-0.15, -0.1) is 0 Å². The van der Waals surface area contributed by atoms with Crippen LogP contribution in [0.15, 0.2) is 146 Å². The highest BCUT2D eigenvalue weighted by Crippen LogP contribution is 2.34. The Labute approximate surface area is 425 Å². The van der Waals surface area contributed by atoms with Gasteiger partial charge in [-0.05, 0) is 76.8 Å². The summed E-state index contributed by atoms with van der Waals surface area (Å²) in [5, 5.41) is 56.0. The summed E-state index contributed by atoms with van der Waals surface area (Å²) in [5.41, 5.74) is 12.5. The monoisotopic (exact) mass is 990 g/mol. The molecule has 5 amide bonds. The molecular formula is C56H62N8O9. The molecule has 0 bridgehead atoms. The van der Waals surface area contributed by atoms with Gasteiger partial charge in [0.25, 0.3) is 29.5 Å². The molecule has 2 unspecified atom stereocenters. The first-order chi connectivity index (χ1) is 34.4. The molecule has 2 saturated heterocycles. The molecule has 380 valence electrons. The average molecular weight is 991 g/mol. The Kier molecular flexibility index (Phi) is 20.1. The number of carbonyl (C=O) groups excluding carboxylic acids is 5. The lowest BCUT2D eigenvalue weighted by Gasteiger charge is -2.28. The minimum Gasteiger partial charge on any atom is -0.380 e. The van der Waals surface area contributed by atoms with E-state index < -0.39 is 54.0 Å². The lowest BCUT2D eigenvalue weighted by Crippen LogP contribution is -2.50. The minimum absolute atomic E-state index is 0. The van der Waals surface area contributed by atoms with Crippen molar-refractivity contribution < 1.29 is 44.4 Å². The minimum atomic E-state index is -1.90. The van der Waals surface area contributed by atoms with E-state index in [9.17, 15) is 49.7 Å². The second-order valence-electron chi connectivity index (χ2n) is 17.1. The molecule has 0 spiro atoms. The third-order valence-electron chi connectivity index (χ3n) is 12.6. The number of aromatic nitrogens is 2. The molecule has 6 aromatic rings. The van der Waals surface area contributed by atoms with Gasteiger partial charge in [0.05, 0.1) is 23.2 Å². The number of carbonyl (C=O) groups is 5. The first-order valence-electron chi connectivity index (χ1n) is 23.1. The molecule has 17 nitrogen and oxygen atoms in total. The van der Waals surface area contributed by atoms with Crippen molar-refractivity contribution in [3.8, 4) is 28.3 Å². The van der Waals surface area contributed by atoms with Crippen molar-refractivity contribution in [3.63, 3.8) is 0 Å². The lowest BCUT2D eigenvalue weighted by molar-refractivity contribution is -0.153. The topological polar surface area (TPSA) is 272 Å². The van der Waals surface area contributed by atoms with E-state index in [1.54, 1.807) is 60.9 Å². The predicted octanol–water partition coefficient (Wildman–Crippen LogP) is 5.14. The highest BCUT2D eigenvalue weighted by Gasteiger charge is 2.40. The van der Waals surface area contributed by atoms with Crippen molar-refractivity contribution >= 4 is 29.5 Å². The van der Waals surface area contributed by atoms with E-state index in [0.29, 0.717) is 29.8 Å². The van der Waals surface area contributed by atoms with Crippen LogP contribution in [0.1, 0.15) is 90.8 Å². The number of aliphatic hydroxyl groups excluding tert-OH is 4. The van der Waals surface area contributed by atoms with Gasteiger partial charge in [0.2, 0.25) is 0 Å². The number of primary amides is 1. The van der Waals surface area contributed by atoms with Gasteiger partial charge in [0, 0.05) is 56.5 Å². The smallest absolute Gasteiger partial charge is 0.255 e. The van der Waals surface area contributed by atoms with Crippen LogP contribution in [-0.2, 0) is 32.3 Å². The van der Waals surface area contributed by atoms with Gasteiger partial charge in [-0.25, -0.2) is 0 Å². The number of aliphatic hydroxyl groups is 4. The van der Waals surface area contributed by atoms with Crippen molar-refractivity contribution in [2.24, 2.45) is 5.73 Å². The highest BCUT2D eigenvalue weighted by atomic mass is 16.4. The maximum atomic E-state index is 12.9. The van der Waals surface area contributed by atoms with E-state index in [2.05, 4.69) is 26.7 Å². The molecule has 2 aliphatic heterocycles. The third-order valence-corrected chi connectivity index (χ3v) is 12.6. The Hall–Kier alpha value is -8.14. The molecule has 2 aromatic heterocycles. The number of nitrogens with one attached hydrogen (secondary N) is 2. The molecule has 0 radical (unpaired) electrons. The van der Waals surface area contributed by atoms with Crippen LogP contribution in [-0.4, -0.2) is 107 Å². The average Bonchev–Trinajstić information content (AvgIpc) is 4.13. The summed E-state index contributed by atoms with van der Waals surface area (Å²) in [6, 6.07) is 38.5. The van der Waals surface area contributed by atoms with Crippen LogP contribution >= 0.6 is 0 Å². The van der Waals surface area contributed by atoms with Gasteiger partial charge in [-0.1, -0.05) is 124 Å². The molecule has 4 heterocycles. The molecule has 2 fully saturated rings. The molecule has 4 aromatic carbocycles. The number of likely N-dealkylation sites (tertiary alicyclic amines) is 2. The number of pyridine rings is 2. The second-order valence-corrected chi connectivity index (χ2v) is 17.1. The van der Waals surface area contributed by atoms with Gasteiger partial charge >= 0.3 is 0 Å². The van der Waals surface area contributed by atoms with Gasteiger partial charge in [0.15, 0.2) is 24.4 Å². The molecule has 6 atom stereocenters. The van der Waals surface area contributed by atoms with Crippen LogP contribution in [0.2, 0.25) is 0 Å². The van der Waals surface area contributed by atoms with Crippen LogP contribution in [0, 0.1) is 11.3 Å². The zero-order chi connectivity index (χ0) is 50.4. The third kappa shape index (κ3) is 13.6. The molecule has 8 N–H and O–H groups in total. The quantitative estimate of drug-likeness (QED) is 0.0705. The fraction of sp³-hybridized carbons (Fsp3) is 0.286. The highest BCUT2D eigenvalue weighted by molar-refractivity contribution is 5.99. The number of nitrogens with two attached hydrogens (primary N) is 1. The van der Waals surface area contributed by atoms with E-state index in [1.807, 2.05) is 72.8 Å². The summed E-state index contributed by atoms with van der Waals surface area (Å²) in [6.45, 7) is 1.09. The van der Waals surface area contributed by atoms with Gasteiger partial charge in [0.1, 0.15) is 6.07 Å². The van der Waals surface area contributed by atoms with Crippen LogP contribution < -0.4 is 16.4 Å². The summed E-state index contributed by atoms with van der Waals surface area (Å²) < 4.78 is 0. The van der Waals surface area contributed by atoms with Crippen LogP contribution in [0.5, 0.6) is 0 Å². The van der Waals surface area contributed by atoms with Crippen molar-refractivity contribution in [2.45, 2.75) is 90.1 Å². The Morgan fingerprint density at radius 2 is 1.00 bits per heavy atom. The van der Waals surface area contributed by atoms with Gasteiger partial charge in [-0.3, -0.25) is 33.9 Å². The first-order valence-corrected chi connectivity index (χ1v) is 23.1. The van der Waals surface area contributed by atoms with E-state index in [0.717, 1.165) is 64.6 Å². The maximum absolute atomic E-state index is 12.9. The summed E-state index contributed by atoms with van der Waals surface area (Å²) >= 11 is 0. The fourth-order valence-electron chi connectivity index (χ4n) is 8.77. The van der Waals surface area contributed by atoms with E-state index in [1.165, 1.54) is 22.2 Å². The molecule has 73 heavy (non-hydrogen) atoms. The van der Waals surface area contributed by atoms with Crippen molar-refractivity contribution in [2.75, 3.05) is 13.1 Å². The van der Waals surface area contributed by atoms with Gasteiger partial charge < -0.3 is 46.6 Å². The van der Waals surface area contributed by atoms with Crippen LogP contribution in [0.4, 0.5) is 0 Å². The lowest BCUT2D eigenvalue weighted by atomic mass is 10.00. The largest absolute Gasteiger partial charge is 0.380 e. The van der Waals surface area contributed by atoms with E-state index >= 15 is 0 Å². The van der Waals surface area contributed by atoms with Crippen LogP contribution in [0.3, 0.4) is 0 Å². The Morgan fingerprint density at radius 3 is 1.42 bits per heavy atom. The SMILES string of the molecule is C.C.N#Cc1cnccc1-c1ccc(CNC(=O)[C@H](O)[C@@H](O)C(=O)N2CCCC2c2ccccc2)cc1.NC(=O)c1cnccc1-c1ccc(CNC(=O)[C@H](O)[C@@H](O)C(=O)N2CCCC2c2ccccc2)cc1. The molecular weight excluding hydrogens is 929 g/mol. The summed E-state index contributed by atoms with van der Waals surface area (Å²) in [6.07, 6.45) is 1.66. The van der Waals surface area contributed by atoms with Gasteiger partial charge in [-0.2, -0.15) is 5.26 Å². The Bertz CT molecular complexity index is 2850. The molecule has 17 heteroatoms. The summed E-state index contributed by atoms with van der Waals surface area (Å²) in [5.74, 6) is -3.59. The molecule has 0 saturated carbocycles. The Morgan fingerprint density at radius 1 is 0.589 bits per heavy atom. The van der Waals surface area contributed by atoms with Crippen molar-refractivity contribution in [3.05, 3.63) is 179 Å². The fourth-order valence-corrected chi connectivity index (χ4v) is 8.77. The standard InChI is InChI=1S/C27H28N4O5.C27H26N4O4.2CH4/c28-25(34)21-16-29-13-12-20(21)18-10-8-17(9-11-18)15-30-26(35)23(32)24(33)27(36)31-14-4-7-22(31)19-5-2-1-3-6-19;28-15-21-17-29-13-12-22(21)19-10-8-18(9-11-19)16-30-26(34)24(32)25(33)27(35)31-14-4-7-23(31)20-5-2-1-3-6-20;;/h1-3,5-6,8-13,16,22-24,32-33H,4,7,14-15H2,(H2,28,34)(H,30,35);1-3,5-6,8-13,17,23-25,32-33H,4,7,14,16H2,(H,30,34);2*1H4/t22?,23-,24-;23?,24-,25-;;/m11../s1. The number of nitrogens with zero attached hydrogens (tertiary/aromatic N) is 5. The number of benzene rings is 4.